The van der Waals surface area contributed by atoms with Crippen molar-refractivity contribution >= 4 is 11.8 Å². The second-order valence-electron chi connectivity index (χ2n) is 11.8. The molecule has 0 unspecified atom stereocenters. The molecule has 34 heavy (non-hydrogen) atoms. The Morgan fingerprint density at radius 1 is 0.912 bits per heavy atom. The van der Waals surface area contributed by atoms with Crippen LogP contribution in [0.4, 0.5) is 0 Å². The predicted octanol–water partition coefficient (Wildman–Crippen LogP) is 8.03. The molecule has 1 aromatic rings. The van der Waals surface area contributed by atoms with Crippen molar-refractivity contribution in [2.75, 3.05) is 0 Å². The number of carboxylic acid groups (broad SMARTS) is 1. The molecule has 0 aromatic heterocycles. The summed E-state index contributed by atoms with van der Waals surface area (Å²) in [4.78, 5) is 23.1. The predicted molar refractivity (Wildman–Crippen MR) is 138 cm³/mol. The Morgan fingerprint density at radius 2 is 1.59 bits per heavy atom. The summed E-state index contributed by atoms with van der Waals surface area (Å²) in [6.45, 7) is 2.27. The molecule has 3 heteroatoms. The van der Waals surface area contributed by atoms with Crippen LogP contribution >= 0.6 is 0 Å². The minimum Gasteiger partial charge on any atom is -0.481 e. The number of carbonyl (C=O) groups is 2. The second-order valence-corrected chi connectivity index (χ2v) is 11.8. The summed E-state index contributed by atoms with van der Waals surface area (Å²) in [5.41, 5.74) is 4.73. The first-order valence-corrected chi connectivity index (χ1v) is 14.4. The van der Waals surface area contributed by atoms with Crippen LogP contribution in [0, 0.1) is 17.3 Å². The number of benzene rings is 1. The van der Waals surface area contributed by atoms with Crippen molar-refractivity contribution in [2.24, 2.45) is 17.3 Å². The Balaban J connectivity index is 1.13. The number of carbonyl (C=O) groups excluding carboxylic acids is 1. The SMILES string of the molecule is C[C@]12CC[C@@H]3c4ccc(CCCCCCCCCCCCC(=O)O)cc4CC[C@H]3[C@@H]1CCC2=O. The molecule has 0 spiro atoms. The fraction of sp³-hybridized carbons (Fsp3) is 0.742. The van der Waals surface area contributed by atoms with Gasteiger partial charge in [0.15, 0.2) is 0 Å². The number of ketones is 1. The zero-order valence-electron chi connectivity index (χ0n) is 21.5. The summed E-state index contributed by atoms with van der Waals surface area (Å²) in [5, 5.41) is 8.66. The lowest BCUT2D eigenvalue weighted by molar-refractivity contribution is -0.137. The van der Waals surface area contributed by atoms with Gasteiger partial charge in [0.2, 0.25) is 0 Å². The van der Waals surface area contributed by atoms with E-state index >= 15 is 0 Å². The van der Waals surface area contributed by atoms with Crippen molar-refractivity contribution < 1.29 is 14.7 Å². The highest BCUT2D eigenvalue weighted by atomic mass is 16.4. The van der Waals surface area contributed by atoms with E-state index in [1.807, 2.05) is 0 Å². The van der Waals surface area contributed by atoms with Gasteiger partial charge in [0.1, 0.15) is 5.78 Å². The van der Waals surface area contributed by atoms with Crippen LogP contribution in [0.3, 0.4) is 0 Å². The Hall–Kier alpha value is -1.64. The minimum atomic E-state index is -0.663. The third-order valence-corrected chi connectivity index (χ3v) is 9.61. The average molecular weight is 467 g/mol. The number of hydrogen-bond acceptors (Lipinski definition) is 2. The van der Waals surface area contributed by atoms with Crippen LogP contribution in [0.15, 0.2) is 18.2 Å². The van der Waals surface area contributed by atoms with Crippen LogP contribution in [0.25, 0.3) is 0 Å². The summed E-state index contributed by atoms with van der Waals surface area (Å²) in [5.74, 6) is 1.93. The van der Waals surface area contributed by atoms with E-state index in [0.29, 0.717) is 24.0 Å². The van der Waals surface area contributed by atoms with Crippen LogP contribution in [-0.4, -0.2) is 16.9 Å². The maximum Gasteiger partial charge on any atom is 0.303 e. The van der Waals surface area contributed by atoms with Gasteiger partial charge in [0.05, 0.1) is 0 Å². The monoisotopic (exact) mass is 466 g/mol. The number of rotatable bonds is 13. The van der Waals surface area contributed by atoms with E-state index in [4.69, 9.17) is 5.11 Å². The fourth-order valence-electron chi connectivity index (χ4n) is 7.58. The smallest absolute Gasteiger partial charge is 0.303 e. The first-order valence-electron chi connectivity index (χ1n) is 14.4. The summed E-state index contributed by atoms with van der Waals surface area (Å²) in [6.07, 6.45) is 20.6. The van der Waals surface area contributed by atoms with Gasteiger partial charge < -0.3 is 5.11 Å². The van der Waals surface area contributed by atoms with Crippen molar-refractivity contribution in [3.8, 4) is 0 Å². The second kappa shape index (κ2) is 11.9. The highest BCUT2D eigenvalue weighted by Gasteiger charge is 2.54. The van der Waals surface area contributed by atoms with Gasteiger partial charge in [-0.3, -0.25) is 9.59 Å². The maximum atomic E-state index is 12.5. The van der Waals surface area contributed by atoms with Gasteiger partial charge in [-0.15, -0.1) is 0 Å². The van der Waals surface area contributed by atoms with Gasteiger partial charge >= 0.3 is 5.97 Å². The van der Waals surface area contributed by atoms with E-state index in [9.17, 15) is 9.59 Å². The number of aliphatic carboxylic acids is 1. The van der Waals surface area contributed by atoms with Crippen LogP contribution in [-0.2, 0) is 22.4 Å². The molecular weight excluding hydrogens is 420 g/mol. The Kier molecular flexibility index (Phi) is 8.88. The molecule has 3 aliphatic rings. The number of unbranched alkanes of at least 4 members (excludes halogenated alkanes) is 9. The van der Waals surface area contributed by atoms with Crippen molar-refractivity contribution in [1.82, 2.24) is 0 Å². The molecule has 0 amide bonds. The van der Waals surface area contributed by atoms with Gasteiger partial charge in [-0.2, -0.15) is 0 Å². The minimum absolute atomic E-state index is 0.0133. The number of Topliss-reactive ketones (excluding diaryl/α,β-unsaturated/α-hetero) is 1. The van der Waals surface area contributed by atoms with Gasteiger partial charge in [0.25, 0.3) is 0 Å². The van der Waals surface area contributed by atoms with Gasteiger partial charge in [0, 0.05) is 18.3 Å². The summed E-state index contributed by atoms with van der Waals surface area (Å²) in [6, 6.07) is 7.38. The molecule has 0 bridgehead atoms. The van der Waals surface area contributed by atoms with Crippen molar-refractivity contribution in [2.45, 2.75) is 128 Å². The van der Waals surface area contributed by atoms with E-state index in [1.165, 1.54) is 82.6 Å². The van der Waals surface area contributed by atoms with E-state index in [2.05, 4.69) is 25.1 Å². The standard InChI is InChI=1S/C31H46O3/c1-31-21-20-26-25-16-14-23(22-24(25)15-17-27(26)28(31)18-19-29(31)32)12-10-8-6-4-2-3-5-7-9-11-13-30(33)34/h14,16,22,26-28H,2-13,15,17-21H2,1H3,(H,33,34)/t26-,27-,28+,31+/m1/s1. The largest absolute Gasteiger partial charge is 0.481 e. The molecule has 0 heterocycles. The van der Waals surface area contributed by atoms with Crippen LogP contribution in [0.2, 0.25) is 0 Å². The van der Waals surface area contributed by atoms with Crippen LogP contribution < -0.4 is 0 Å². The number of fused-ring (bicyclic) bond motifs is 5. The van der Waals surface area contributed by atoms with Crippen molar-refractivity contribution in [3.05, 3.63) is 34.9 Å². The van der Waals surface area contributed by atoms with E-state index in [-0.39, 0.29) is 5.41 Å². The van der Waals surface area contributed by atoms with Crippen LogP contribution in [0.1, 0.15) is 132 Å². The lowest BCUT2D eigenvalue weighted by atomic mass is 9.55. The molecule has 3 aliphatic carbocycles. The summed E-state index contributed by atoms with van der Waals surface area (Å²) in [7, 11) is 0. The maximum absolute atomic E-state index is 12.5. The molecule has 188 valence electrons. The highest BCUT2D eigenvalue weighted by Crippen LogP contribution is 2.59. The molecule has 1 N–H and O–H groups in total. The molecule has 2 saturated carbocycles. The Labute approximate surface area is 207 Å². The number of carboxylic acids is 1. The normalized spacial score (nSPS) is 27.8. The quantitative estimate of drug-likeness (QED) is 0.299. The molecule has 0 radical (unpaired) electrons. The van der Waals surface area contributed by atoms with E-state index < -0.39 is 5.97 Å². The van der Waals surface area contributed by atoms with Crippen LogP contribution in [0.5, 0.6) is 0 Å². The topological polar surface area (TPSA) is 54.4 Å². The van der Waals surface area contributed by atoms with E-state index in [0.717, 1.165) is 38.0 Å². The van der Waals surface area contributed by atoms with E-state index in [1.54, 1.807) is 11.1 Å². The zero-order valence-corrected chi connectivity index (χ0v) is 21.5. The zero-order chi connectivity index (χ0) is 24.0. The fourth-order valence-corrected chi connectivity index (χ4v) is 7.58. The van der Waals surface area contributed by atoms with Crippen molar-refractivity contribution in [3.63, 3.8) is 0 Å². The molecule has 4 atom stereocenters. The van der Waals surface area contributed by atoms with Crippen molar-refractivity contribution in [1.29, 1.82) is 0 Å². The first kappa shape index (κ1) is 25.5. The highest BCUT2D eigenvalue weighted by molar-refractivity contribution is 5.87. The third kappa shape index (κ3) is 5.94. The first-order chi connectivity index (χ1) is 16.5. The Bertz CT molecular complexity index is 843. The molecule has 1 aromatic carbocycles. The Morgan fingerprint density at radius 3 is 2.29 bits per heavy atom. The molecule has 4 rings (SSSR count). The van der Waals surface area contributed by atoms with Gasteiger partial charge in [-0.05, 0) is 85.8 Å². The third-order valence-electron chi connectivity index (χ3n) is 9.61. The number of hydrogen-bond donors (Lipinski definition) is 1. The summed E-state index contributed by atoms with van der Waals surface area (Å²) >= 11 is 0. The number of aryl methyl sites for hydroxylation is 2. The van der Waals surface area contributed by atoms with Gasteiger partial charge in [-0.1, -0.05) is 76.5 Å². The molecule has 3 nitrogen and oxygen atoms in total. The molecular formula is C31H46O3. The lowest BCUT2D eigenvalue weighted by Gasteiger charge is -2.48. The average Bonchev–Trinajstić information content (AvgIpc) is 3.13. The molecule has 2 fully saturated rings. The molecule has 0 aliphatic heterocycles. The summed E-state index contributed by atoms with van der Waals surface area (Å²) < 4.78 is 0. The molecule has 0 saturated heterocycles. The lowest BCUT2D eigenvalue weighted by Crippen LogP contribution is -2.42. The van der Waals surface area contributed by atoms with Gasteiger partial charge in [-0.25, -0.2) is 0 Å².